The molecular weight excluding hydrogens is 208 g/mol. The van der Waals surface area contributed by atoms with Crippen LogP contribution in [0.3, 0.4) is 0 Å². The maximum absolute atomic E-state index is 11.5. The Balaban J connectivity index is 2.23. The van der Waals surface area contributed by atoms with E-state index in [1.165, 1.54) is 0 Å². The molecule has 1 aromatic heterocycles. The Bertz CT molecular complexity index is 285. The molecule has 0 bridgehead atoms. The van der Waals surface area contributed by atoms with Crippen LogP contribution in [0.25, 0.3) is 0 Å². The van der Waals surface area contributed by atoms with Crippen molar-refractivity contribution in [2.75, 3.05) is 0 Å². The average molecular weight is 226 g/mol. The molecule has 4 heteroatoms. The lowest BCUT2D eigenvalue weighted by Crippen LogP contribution is -2.40. The Morgan fingerprint density at radius 3 is 3.07 bits per heavy atom. The standard InChI is InChI=1S/C11H18N2OS/c1-2-3-4-10(12)11(14)13-7-9-5-6-15-8-9/h5-6,8,10H,2-4,7,12H2,1H3,(H,13,14)/t10-/m0/s1. The molecule has 0 radical (unpaired) electrons. The Morgan fingerprint density at radius 2 is 2.47 bits per heavy atom. The van der Waals surface area contributed by atoms with Gasteiger partial charge in [-0.15, -0.1) is 0 Å². The van der Waals surface area contributed by atoms with Gasteiger partial charge in [0.15, 0.2) is 0 Å². The fourth-order valence-corrected chi connectivity index (χ4v) is 1.94. The fourth-order valence-electron chi connectivity index (χ4n) is 1.27. The van der Waals surface area contributed by atoms with Crippen LogP contribution in [0.5, 0.6) is 0 Å². The first kappa shape index (κ1) is 12.2. The molecule has 1 rings (SSSR count). The first-order valence-corrected chi connectivity index (χ1v) is 6.22. The average Bonchev–Trinajstić information content (AvgIpc) is 2.75. The van der Waals surface area contributed by atoms with Crippen LogP contribution in [0, 0.1) is 0 Å². The molecule has 0 unspecified atom stereocenters. The SMILES string of the molecule is CCCC[C@H](N)C(=O)NCc1ccsc1. The molecule has 0 aliphatic heterocycles. The van der Waals surface area contributed by atoms with Gasteiger partial charge in [0.25, 0.3) is 0 Å². The zero-order chi connectivity index (χ0) is 11.1. The first-order chi connectivity index (χ1) is 7.24. The second-order valence-corrected chi connectivity index (χ2v) is 4.38. The summed E-state index contributed by atoms with van der Waals surface area (Å²) in [5.41, 5.74) is 6.87. The predicted octanol–water partition coefficient (Wildman–Crippen LogP) is 1.88. The van der Waals surface area contributed by atoms with Gasteiger partial charge >= 0.3 is 0 Å². The van der Waals surface area contributed by atoms with Gasteiger partial charge in [0, 0.05) is 6.54 Å². The molecule has 0 aliphatic carbocycles. The number of rotatable bonds is 6. The fraction of sp³-hybridized carbons (Fsp3) is 0.545. The van der Waals surface area contributed by atoms with E-state index in [4.69, 9.17) is 5.73 Å². The van der Waals surface area contributed by atoms with Crippen LogP contribution in [0.4, 0.5) is 0 Å². The van der Waals surface area contributed by atoms with Gasteiger partial charge in [-0.25, -0.2) is 0 Å². The van der Waals surface area contributed by atoms with Gasteiger partial charge in [-0.1, -0.05) is 19.8 Å². The number of hydrogen-bond acceptors (Lipinski definition) is 3. The summed E-state index contributed by atoms with van der Waals surface area (Å²) in [5.74, 6) is -0.0466. The number of hydrogen-bond donors (Lipinski definition) is 2. The van der Waals surface area contributed by atoms with Crippen LogP contribution < -0.4 is 11.1 Å². The summed E-state index contributed by atoms with van der Waals surface area (Å²) < 4.78 is 0. The molecule has 0 saturated heterocycles. The van der Waals surface area contributed by atoms with E-state index in [2.05, 4.69) is 12.2 Å². The van der Waals surface area contributed by atoms with Crippen molar-refractivity contribution in [3.05, 3.63) is 22.4 Å². The highest BCUT2D eigenvalue weighted by atomic mass is 32.1. The van der Waals surface area contributed by atoms with E-state index in [0.717, 1.165) is 24.8 Å². The van der Waals surface area contributed by atoms with Gasteiger partial charge in [0.2, 0.25) is 5.91 Å². The summed E-state index contributed by atoms with van der Waals surface area (Å²) in [5, 5.41) is 6.86. The zero-order valence-corrected chi connectivity index (χ0v) is 9.85. The van der Waals surface area contributed by atoms with Gasteiger partial charge in [0.05, 0.1) is 6.04 Å². The molecule has 3 nitrogen and oxygen atoms in total. The van der Waals surface area contributed by atoms with E-state index >= 15 is 0 Å². The van der Waals surface area contributed by atoms with Crippen LogP contribution in [0.2, 0.25) is 0 Å². The second-order valence-electron chi connectivity index (χ2n) is 3.60. The molecule has 84 valence electrons. The van der Waals surface area contributed by atoms with Crippen LogP contribution in [-0.4, -0.2) is 11.9 Å². The molecule has 0 aliphatic rings. The highest BCUT2D eigenvalue weighted by Crippen LogP contribution is 2.05. The van der Waals surface area contributed by atoms with Gasteiger partial charge in [-0.2, -0.15) is 11.3 Å². The van der Waals surface area contributed by atoms with Crippen LogP contribution >= 0.6 is 11.3 Å². The molecule has 3 N–H and O–H groups in total. The Labute approximate surface area is 94.7 Å². The molecule has 0 spiro atoms. The number of carbonyl (C=O) groups excluding carboxylic acids is 1. The molecule has 1 aromatic rings. The Hall–Kier alpha value is -0.870. The van der Waals surface area contributed by atoms with E-state index in [9.17, 15) is 4.79 Å². The maximum atomic E-state index is 11.5. The van der Waals surface area contributed by atoms with Crippen molar-refractivity contribution in [2.45, 2.75) is 38.8 Å². The van der Waals surface area contributed by atoms with E-state index < -0.39 is 0 Å². The van der Waals surface area contributed by atoms with Crippen molar-refractivity contribution in [2.24, 2.45) is 5.73 Å². The summed E-state index contributed by atoms with van der Waals surface area (Å²) in [6.07, 6.45) is 2.85. The number of amides is 1. The molecule has 1 atom stereocenters. The molecule has 1 heterocycles. The maximum Gasteiger partial charge on any atom is 0.237 e. The van der Waals surface area contributed by atoms with Crippen molar-refractivity contribution in [3.8, 4) is 0 Å². The van der Waals surface area contributed by atoms with E-state index in [-0.39, 0.29) is 11.9 Å². The van der Waals surface area contributed by atoms with Crippen molar-refractivity contribution in [1.29, 1.82) is 0 Å². The van der Waals surface area contributed by atoms with Gasteiger partial charge < -0.3 is 11.1 Å². The van der Waals surface area contributed by atoms with Gasteiger partial charge in [-0.3, -0.25) is 4.79 Å². The number of thiophene rings is 1. The summed E-state index contributed by atoms with van der Waals surface area (Å²) in [7, 11) is 0. The highest BCUT2D eigenvalue weighted by Gasteiger charge is 2.11. The summed E-state index contributed by atoms with van der Waals surface area (Å²) in [4.78, 5) is 11.5. The molecule has 0 fully saturated rings. The molecule has 15 heavy (non-hydrogen) atoms. The van der Waals surface area contributed by atoms with E-state index in [0.29, 0.717) is 6.54 Å². The number of unbranched alkanes of at least 4 members (excludes halogenated alkanes) is 1. The topological polar surface area (TPSA) is 55.1 Å². The number of carbonyl (C=O) groups is 1. The minimum Gasteiger partial charge on any atom is -0.351 e. The highest BCUT2D eigenvalue weighted by molar-refractivity contribution is 7.07. The van der Waals surface area contributed by atoms with Crippen molar-refractivity contribution < 1.29 is 4.79 Å². The zero-order valence-electron chi connectivity index (χ0n) is 9.03. The Morgan fingerprint density at radius 1 is 1.67 bits per heavy atom. The summed E-state index contributed by atoms with van der Waals surface area (Å²) in [6, 6.07) is 1.64. The lowest BCUT2D eigenvalue weighted by atomic mass is 10.1. The third-order valence-electron chi connectivity index (χ3n) is 2.25. The second kappa shape index (κ2) is 6.58. The molecule has 1 amide bonds. The molecular formula is C11H18N2OS. The van der Waals surface area contributed by atoms with E-state index in [1.54, 1.807) is 11.3 Å². The molecule has 0 aromatic carbocycles. The van der Waals surface area contributed by atoms with Gasteiger partial charge in [-0.05, 0) is 28.8 Å². The van der Waals surface area contributed by atoms with Crippen LogP contribution in [0.1, 0.15) is 31.7 Å². The van der Waals surface area contributed by atoms with Gasteiger partial charge in [0.1, 0.15) is 0 Å². The quantitative estimate of drug-likeness (QED) is 0.778. The Kier molecular flexibility index (Phi) is 5.36. The lowest BCUT2D eigenvalue weighted by molar-refractivity contribution is -0.122. The summed E-state index contributed by atoms with van der Waals surface area (Å²) in [6.45, 7) is 2.68. The third kappa shape index (κ3) is 4.44. The minimum absolute atomic E-state index is 0.0466. The smallest absolute Gasteiger partial charge is 0.237 e. The number of nitrogens with two attached hydrogens (primary N) is 1. The van der Waals surface area contributed by atoms with Crippen molar-refractivity contribution >= 4 is 17.2 Å². The normalized spacial score (nSPS) is 12.4. The summed E-state index contributed by atoms with van der Waals surface area (Å²) >= 11 is 1.63. The monoisotopic (exact) mass is 226 g/mol. The predicted molar refractivity (Wildman–Crippen MR) is 63.7 cm³/mol. The van der Waals surface area contributed by atoms with Crippen LogP contribution in [0.15, 0.2) is 16.8 Å². The van der Waals surface area contributed by atoms with Crippen LogP contribution in [-0.2, 0) is 11.3 Å². The van der Waals surface area contributed by atoms with Crippen molar-refractivity contribution in [3.63, 3.8) is 0 Å². The lowest BCUT2D eigenvalue weighted by Gasteiger charge is -2.10. The largest absolute Gasteiger partial charge is 0.351 e. The number of nitrogens with one attached hydrogen (secondary N) is 1. The third-order valence-corrected chi connectivity index (χ3v) is 2.98. The first-order valence-electron chi connectivity index (χ1n) is 5.28. The van der Waals surface area contributed by atoms with Crippen molar-refractivity contribution in [1.82, 2.24) is 5.32 Å². The van der Waals surface area contributed by atoms with E-state index in [1.807, 2.05) is 16.8 Å². The minimum atomic E-state index is -0.358. The molecule has 0 saturated carbocycles.